The van der Waals surface area contributed by atoms with Crippen LogP contribution in [0.15, 0.2) is 28.7 Å². The fraction of sp³-hybridized carbons (Fsp3) is 0.567. The molecule has 1 fully saturated rings. The summed E-state index contributed by atoms with van der Waals surface area (Å²) in [4.78, 5) is 43.3. The number of benzene rings is 1. The van der Waals surface area contributed by atoms with Crippen molar-refractivity contribution in [2.45, 2.75) is 63.6 Å². The molecule has 3 unspecified atom stereocenters. The minimum Gasteiger partial charge on any atom is -0.511 e. The minimum atomic E-state index is -1.19. The van der Waals surface area contributed by atoms with Gasteiger partial charge in [-0.05, 0) is 63.2 Å². The van der Waals surface area contributed by atoms with Crippen molar-refractivity contribution in [2.75, 3.05) is 33.1 Å². The van der Waals surface area contributed by atoms with Crippen molar-refractivity contribution in [3.63, 3.8) is 0 Å². The fourth-order valence-electron chi connectivity index (χ4n) is 7.47. The molecule has 4 aliphatic carbocycles. The monoisotopic (exact) mass is 552 g/mol. The summed E-state index contributed by atoms with van der Waals surface area (Å²) < 4.78 is 0. The molecule has 0 heterocycles. The third-order valence-corrected chi connectivity index (χ3v) is 9.29. The molecule has 1 aromatic rings. The Hall–Kier alpha value is -3.37. The van der Waals surface area contributed by atoms with Crippen molar-refractivity contribution in [3.05, 3.63) is 45.4 Å². The van der Waals surface area contributed by atoms with E-state index < -0.39 is 58.4 Å². The number of aromatic hydroxyl groups is 1. The summed E-state index contributed by atoms with van der Waals surface area (Å²) in [6.07, 6.45) is 6.44. The Labute approximate surface area is 234 Å². The third-order valence-electron chi connectivity index (χ3n) is 9.29. The van der Waals surface area contributed by atoms with Gasteiger partial charge in [-0.1, -0.05) is 19.3 Å². The number of primary amides is 1. The van der Waals surface area contributed by atoms with Crippen molar-refractivity contribution in [2.24, 2.45) is 23.5 Å². The Balaban J connectivity index is 1.59. The smallest absolute Gasteiger partial charge is 0.255 e. The molecule has 0 bridgehead atoms. The number of phenols is 1. The van der Waals surface area contributed by atoms with Gasteiger partial charge in [0.2, 0.25) is 0 Å². The first-order valence-electron chi connectivity index (χ1n) is 14.1. The molecule has 4 aliphatic rings. The number of rotatable bonds is 6. The molecule has 0 aliphatic heterocycles. The number of Topliss-reactive ketones (excluding diaryl/α,β-unsaturated/α-hetero) is 2. The number of ketones is 2. The van der Waals surface area contributed by atoms with Crippen LogP contribution in [0.5, 0.6) is 5.75 Å². The van der Waals surface area contributed by atoms with Gasteiger partial charge in [-0.15, -0.1) is 0 Å². The van der Waals surface area contributed by atoms with Crippen molar-refractivity contribution < 1.29 is 29.7 Å². The molecule has 4 atom stereocenters. The maximum Gasteiger partial charge on any atom is 0.255 e. The molecule has 1 aromatic carbocycles. The van der Waals surface area contributed by atoms with E-state index in [9.17, 15) is 29.7 Å². The summed E-state index contributed by atoms with van der Waals surface area (Å²) in [5.41, 5.74) is 7.31. The summed E-state index contributed by atoms with van der Waals surface area (Å²) in [5.74, 6) is -5.43. The number of carbonyl (C=O) groups excluding carboxylic acids is 3. The molecule has 10 nitrogen and oxygen atoms in total. The molecule has 10 heteroatoms. The lowest BCUT2D eigenvalue weighted by molar-refractivity contribution is -0.127. The van der Waals surface area contributed by atoms with Crippen LogP contribution in [-0.4, -0.2) is 78.0 Å². The maximum absolute atomic E-state index is 14.1. The van der Waals surface area contributed by atoms with E-state index >= 15 is 0 Å². The predicted octanol–water partition coefficient (Wildman–Crippen LogP) is 2.49. The summed E-state index contributed by atoms with van der Waals surface area (Å²) in [5, 5.41) is 37.4. The molecule has 0 saturated heterocycles. The topological polar surface area (TPSA) is 156 Å². The summed E-state index contributed by atoms with van der Waals surface area (Å²) >= 11 is 0. The van der Waals surface area contributed by atoms with Gasteiger partial charge < -0.3 is 31.3 Å². The number of fused-ring (bicyclic) bond motifs is 3. The van der Waals surface area contributed by atoms with Crippen LogP contribution in [0.1, 0.15) is 60.0 Å². The molecular weight excluding hydrogens is 512 g/mol. The van der Waals surface area contributed by atoms with Gasteiger partial charge in [-0.25, -0.2) is 0 Å². The second kappa shape index (κ2) is 10.6. The zero-order valence-electron chi connectivity index (χ0n) is 23.7. The van der Waals surface area contributed by atoms with Crippen LogP contribution in [-0.2, 0) is 22.6 Å². The fourth-order valence-corrected chi connectivity index (χ4v) is 7.47. The van der Waals surface area contributed by atoms with Gasteiger partial charge >= 0.3 is 0 Å². The summed E-state index contributed by atoms with van der Waals surface area (Å²) in [6.45, 7) is 0.409. The number of likely N-dealkylation sites (N-methyl/N-ethyl adjacent to an activating group) is 1. The molecule has 5 rings (SSSR count). The SMILES string of the molecule is CN(C)c1cc(CNC2CCCCC2)c(O)c2c1CC1CC3C(C(=O)C(C(N)=O)=C(O)[C@H]3N(C)C)C(O)=C1C2=O. The molecular formula is C30H40N4O6. The first-order valence-corrected chi connectivity index (χ1v) is 14.1. The average Bonchev–Trinajstić information content (AvgIpc) is 2.87. The minimum absolute atomic E-state index is 0.0993. The maximum atomic E-state index is 14.1. The van der Waals surface area contributed by atoms with E-state index in [4.69, 9.17) is 5.73 Å². The summed E-state index contributed by atoms with van der Waals surface area (Å²) in [7, 11) is 7.22. The van der Waals surface area contributed by atoms with E-state index in [1.807, 2.05) is 25.1 Å². The highest BCUT2D eigenvalue weighted by Gasteiger charge is 2.54. The molecule has 0 aromatic heterocycles. The van der Waals surface area contributed by atoms with Gasteiger partial charge in [-0.2, -0.15) is 0 Å². The summed E-state index contributed by atoms with van der Waals surface area (Å²) in [6, 6.07) is 1.55. The molecule has 0 radical (unpaired) electrons. The predicted molar refractivity (Wildman–Crippen MR) is 150 cm³/mol. The van der Waals surface area contributed by atoms with E-state index in [1.54, 1.807) is 19.0 Å². The Morgan fingerprint density at radius 2 is 1.73 bits per heavy atom. The number of nitrogens with one attached hydrogen (secondary N) is 1. The number of hydrogen-bond acceptors (Lipinski definition) is 9. The third kappa shape index (κ3) is 4.47. The number of carbonyl (C=O) groups is 3. The van der Waals surface area contributed by atoms with Crippen molar-refractivity contribution in [1.29, 1.82) is 0 Å². The number of nitrogens with zero attached hydrogens (tertiary/aromatic N) is 2. The van der Waals surface area contributed by atoms with Gasteiger partial charge in [0.1, 0.15) is 22.8 Å². The lowest BCUT2D eigenvalue weighted by atomic mass is 9.60. The van der Waals surface area contributed by atoms with Crippen LogP contribution in [0, 0.1) is 17.8 Å². The number of allylic oxidation sites excluding steroid dienone is 2. The highest BCUT2D eigenvalue weighted by Crippen LogP contribution is 2.51. The van der Waals surface area contributed by atoms with Gasteiger partial charge in [0.15, 0.2) is 11.6 Å². The van der Waals surface area contributed by atoms with Crippen molar-refractivity contribution in [3.8, 4) is 5.75 Å². The van der Waals surface area contributed by atoms with Gasteiger partial charge in [0.25, 0.3) is 5.91 Å². The van der Waals surface area contributed by atoms with Gasteiger partial charge in [0.05, 0.1) is 17.5 Å². The van der Waals surface area contributed by atoms with E-state index in [0.29, 0.717) is 36.6 Å². The highest BCUT2D eigenvalue weighted by molar-refractivity contribution is 6.22. The van der Waals surface area contributed by atoms with E-state index in [-0.39, 0.29) is 16.9 Å². The number of nitrogens with two attached hydrogens (primary N) is 1. The van der Waals surface area contributed by atoms with E-state index in [2.05, 4.69) is 5.32 Å². The van der Waals surface area contributed by atoms with Crippen LogP contribution < -0.4 is 16.0 Å². The van der Waals surface area contributed by atoms with Crippen LogP contribution in [0.3, 0.4) is 0 Å². The van der Waals surface area contributed by atoms with Crippen molar-refractivity contribution in [1.82, 2.24) is 10.2 Å². The van der Waals surface area contributed by atoms with Gasteiger partial charge in [-0.3, -0.25) is 19.3 Å². The zero-order chi connectivity index (χ0) is 29.0. The van der Waals surface area contributed by atoms with Crippen LogP contribution in [0.25, 0.3) is 0 Å². The first kappa shape index (κ1) is 28.2. The lowest BCUT2D eigenvalue weighted by Gasteiger charge is -2.46. The second-order valence-corrected chi connectivity index (χ2v) is 12.2. The molecule has 1 amide bonds. The van der Waals surface area contributed by atoms with E-state index in [0.717, 1.165) is 18.5 Å². The lowest BCUT2D eigenvalue weighted by Crippen LogP contribution is -2.53. The number of hydrogen-bond donors (Lipinski definition) is 5. The molecule has 1 saturated carbocycles. The zero-order valence-corrected chi connectivity index (χ0v) is 23.7. The standard InChI is InChI=1S/C30H40N4O6/c1-33(2)19-12-15(13-32-16-8-6-5-7-9-16)25(35)21-17(19)10-14-11-18-22(27(37)20(14)26(21)36)28(38)23(30(31)40)29(39)24(18)34(3)4/h12,14,16,18,22,24,32,35,37,39H,5-11,13H2,1-4H3,(H2,31,40)/t14?,18?,22?,24-/m0/s1. The molecule has 40 heavy (non-hydrogen) atoms. The number of aliphatic hydroxyl groups is 2. The second-order valence-electron chi connectivity index (χ2n) is 12.2. The Morgan fingerprint density at radius 3 is 2.33 bits per heavy atom. The molecule has 6 N–H and O–H groups in total. The first-order chi connectivity index (χ1) is 18.9. The largest absolute Gasteiger partial charge is 0.511 e. The quantitative estimate of drug-likeness (QED) is 0.335. The normalized spacial score (nSPS) is 27.0. The van der Waals surface area contributed by atoms with Crippen LogP contribution in [0.4, 0.5) is 5.69 Å². The van der Waals surface area contributed by atoms with E-state index in [1.165, 1.54) is 19.3 Å². The highest BCUT2D eigenvalue weighted by atomic mass is 16.3. The Kier molecular flexibility index (Phi) is 7.43. The van der Waals surface area contributed by atoms with Crippen LogP contribution in [0.2, 0.25) is 0 Å². The number of aliphatic hydroxyl groups excluding tert-OH is 2. The van der Waals surface area contributed by atoms with Crippen LogP contribution >= 0.6 is 0 Å². The number of anilines is 1. The Bertz CT molecular complexity index is 1320. The number of phenolic OH excluding ortho intramolecular Hbond substituents is 1. The van der Waals surface area contributed by atoms with Crippen molar-refractivity contribution >= 4 is 23.2 Å². The molecule has 0 spiro atoms. The molecule has 216 valence electrons. The van der Waals surface area contributed by atoms with Gasteiger partial charge in [0, 0.05) is 43.5 Å². The number of amides is 1. The average molecular weight is 553 g/mol. The Morgan fingerprint density at radius 1 is 1.05 bits per heavy atom.